The average Bonchev–Trinajstić information content (AvgIpc) is 3.07. The van der Waals surface area contributed by atoms with Crippen molar-refractivity contribution < 1.29 is 9.53 Å². The number of carbonyl (C=O) groups is 1. The molecule has 1 N–H and O–H groups in total. The molecule has 5 heteroatoms. The number of thiazole rings is 1. The molecular formula is C18H16N2O2S. The lowest BCUT2D eigenvalue weighted by atomic mass is 10.2. The molecule has 1 amide bonds. The first-order valence-electron chi connectivity index (χ1n) is 7.31. The molecule has 116 valence electrons. The monoisotopic (exact) mass is 324 g/mol. The zero-order valence-corrected chi connectivity index (χ0v) is 13.5. The average molecular weight is 324 g/mol. The van der Waals surface area contributed by atoms with Crippen LogP contribution >= 0.6 is 11.3 Å². The molecule has 2 aromatic carbocycles. The number of aromatic nitrogens is 1. The molecule has 23 heavy (non-hydrogen) atoms. The van der Waals surface area contributed by atoms with E-state index in [1.165, 1.54) is 11.3 Å². The van der Waals surface area contributed by atoms with Crippen LogP contribution in [0.2, 0.25) is 0 Å². The Bertz CT molecular complexity index is 800. The van der Waals surface area contributed by atoms with Crippen molar-refractivity contribution in [2.24, 2.45) is 0 Å². The summed E-state index contributed by atoms with van der Waals surface area (Å²) < 4.78 is 5.50. The Kier molecular flexibility index (Phi) is 4.68. The van der Waals surface area contributed by atoms with Gasteiger partial charge < -0.3 is 10.1 Å². The van der Waals surface area contributed by atoms with Crippen LogP contribution < -0.4 is 10.1 Å². The fourth-order valence-electron chi connectivity index (χ4n) is 2.11. The molecule has 0 bridgehead atoms. The zero-order valence-electron chi connectivity index (χ0n) is 12.7. The predicted molar refractivity (Wildman–Crippen MR) is 93.1 cm³/mol. The van der Waals surface area contributed by atoms with E-state index in [9.17, 15) is 4.79 Å². The molecule has 4 nitrogen and oxygen atoms in total. The number of amides is 1. The van der Waals surface area contributed by atoms with Crippen LogP contribution in [0.1, 0.15) is 17.4 Å². The molecule has 0 saturated heterocycles. The second-order valence-electron chi connectivity index (χ2n) is 4.82. The fourth-order valence-corrected chi connectivity index (χ4v) is 2.91. The molecule has 0 fully saturated rings. The molecule has 1 heterocycles. The molecule has 0 aliphatic rings. The van der Waals surface area contributed by atoms with Crippen LogP contribution in [-0.4, -0.2) is 17.5 Å². The van der Waals surface area contributed by atoms with Gasteiger partial charge in [0.1, 0.15) is 16.5 Å². The molecule has 3 rings (SSSR count). The Morgan fingerprint density at radius 1 is 1.17 bits per heavy atom. The van der Waals surface area contributed by atoms with Crippen molar-refractivity contribution >= 4 is 22.9 Å². The number of rotatable bonds is 5. The van der Waals surface area contributed by atoms with Gasteiger partial charge in [0.2, 0.25) is 0 Å². The van der Waals surface area contributed by atoms with Crippen LogP contribution in [-0.2, 0) is 0 Å². The summed E-state index contributed by atoms with van der Waals surface area (Å²) in [5.74, 6) is 0.593. The van der Waals surface area contributed by atoms with E-state index in [1.54, 1.807) is 5.38 Å². The number of carbonyl (C=O) groups excluding carboxylic acids is 1. The molecular weight excluding hydrogens is 308 g/mol. The number of nitrogens with zero attached hydrogens (tertiary/aromatic N) is 1. The third kappa shape index (κ3) is 3.76. The molecule has 0 spiro atoms. The second-order valence-corrected chi connectivity index (χ2v) is 5.68. The van der Waals surface area contributed by atoms with E-state index in [1.807, 2.05) is 61.5 Å². The third-order valence-corrected chi connectivity index (χ3v) is 4.05. The number of hydrogen-bond donors (Lipinski definition) is 1. The molecule has 0 aliphatic heterocycles. The first-order chi connectivity index (χ1) is 11.3. The van der Waals surface area contributed by atoms with Crippen molar-refractivity contribution in [1.82, 2.24) is 4.98 Å². The maximum Gasteiger partial charge on any atom is 0.275 e. The van der Waals surface area contributed by atoms with Crippen molar-refractivity contribution in [3.8, 4) is 16.3 Å². The molecule has 0 saturated carbocycles. The highest BCUT2D eigenvalue weighted by Crippen LogP contribution is 2.27. The van der Waals surface area contributed by atoms with Gasteiger partial charge in [-0.1, -0.05) is 30.3 Å². The van der Waals surface area contributed by atoms with Crippen molar-refractivity contribution in [3.05, 3.63) is 65.7 Å². The summed E-state index contributed by atoms with van der Waals surface area (Å²) in [4.78, 5) is 16.7. The Morgan fingerprint density at radius 2 is 2.00 bits per heavy atom. The molecule has 0 atom stereocenters. The second kappa shape index (κ2) is 7.07. The van der Waals surface area contributed by atoms with E-state index in [-0.39, 0.29) is 5.91 Å². The van der Waals surface area contributed by atoms with Gasteiger partial charge in [0, 0.05) is 16.6 Å². The minimum Gasteiger partial charge on any atom is -0.494 e. The van der Waals surface area contributed by atoms with Crippen LogP contribution in [0.15, 0.2) is 60.0 Å². The molecule has 0 unspecified atom stereocenters. The molecule has 3 aromatic rings. The highest BCUT2D eigenvalue weighted by atomic mass is 32.1. The van der Waals surface area contributed by atoms with Crippen LogP contribution in [0.3, 0.4) is 0 Å². The lowest BCUT2D eigenvalue weighted by molar-refractivity contribution is 0.102. The summed E-state index contributed by atoms with van der Waals surface area (Å²) in [5.41, 5.74) is 2.11. The van der Waals surface area contributed by atoms with E-state index in [2.05, 4.69) is 10.3 Å². The van der Waals surface area contributed by atoms with E-state index >= 15 is 0 Å². The number of nitrogens with one attached hydrogen (secondary N) is 1. The topological polar surface area (TPSA) is 51.2 Å². The van der Waals surface area contributed by atoms with Gasteiger partial charge in [0.25, 0.3) is 5.91 Å². The number of ether oxygens (including phenoxy) is 1. The Labute approximate surface area is 138 Å². The zero-order chi connectivity index (χ0) is 16.1. The lowest BCUT2D eigenvalue weighted by Gasteiger charge is -2.04. The smallest absolute Gasteiger partial charge is 0.275 e. The van der Waals surface area contributed by atoms with Gasteiger partial charge in [-0.25, -0.2) is 4.98 Å². The van der Waals surface area contributed by atoms with Crippen LogP contribution in [0.4, 0.5) is 5.69 Å². The van der Waals surface area contributed by atoms with Gasteiger partial charge in [-0.15, -0.1) is 11.3 Å². The van der Waals surface area contributed by atoms with Crippen molar-refractivity contribution in [2.75, 3.05) is 11.9 Å². The van der Waals surface area contributed by atoms with Gasteiger partial charge in [-0.3, -0.25) is 4.79 Å². The summed E-state index contributed by atoms with van der Waals surface area (Å²) in [6.45, 7) is 2.56. The van der Waals surface area contributed by atoms with E-state index in [0.29, 0.717) is 12.3 Å². The fraction of sp³-hybridized carbons (Fsp3) is 0.111. The summed E-state index contributed by atoms with van der Waals surface area (Å²) in [6.07, 6.45) is 0. The SMILES string of the molecule is CCOc1cccc(-c2nc(C(=O)Nc3ccccc3)cs2)c1. The summed E-state index contributed by atoms with van der Waals surface area (Å²) in [5, 5.41) is 5.40. The highest BCUT2D eigenvalue weighted by molar-refractivity contribution is 7.13. The minimum atomic E-state index is -0.209. The van der Waals surface area contributed by atoms with Crippen LogP contribution in [0, 0.1) is 0 Å². The summed E-state index contributed by atoms with van der Waals surface area (Å²) >= 11 is 1.44. The maximum atomic E-state index is 12.2. The Balaban J connectivity index is 1.77. The van der Waals surface area contributed by atoms with Crippen LogP contribution in [0.5, 0.6) is 5.75 Å². The standard InChI is InChI=1S/C18H16N2O2S/c1-2-22-15-10-6-7-13(11-15)18-20-16(12-23-18)17(21)19-14-8-4-3-5-9-14/h3-12H,2H2,1H3,(H,19,21). The molecule has 1 aromatic heterocycles. The Hall–Kier alpha value is -2.66. The first-order valence-corrected chi connectivity index (χ1v) is 8.19. The third-order valence-electron chi connectivity index (χ3n) is 3.16. The highest BCUT2D eigenvalue weighted by Gasteiger charge is 2.12. The Morgan fingerprint density at radius 3 is 2.78 bits per heavy atom. The molecule has 0 aliphatic carbocycles. The quantitative estimate of drug-likeness (QED) is 0.754. The number of anilines is 1. The normalized spacial score (nSPS) is 10.3. The number of para-hydroxylation sites is 1. The molecule has 0 radical (unpaired) electrons. The van der Waals surface area contributed by atoms with Crippen LogP contribution in [0.25, 0.3) is 10.6 Å². The van der Waals surface area contributed by atoms with Gasteiger partial charge in [0.15, 0.2) is 0 Å². The van der Waals surface area contributed by atoms with Gasteiger partial charge >= 0.3 is 0 Å². The van der Waals surface area contributed by atoms with Gasteiger partial charge in [-0.2, -0.15) is 0 Å². The van der Waals surface area contributed by atoms with Crippen molar-refractivity contribution in [2.45, 2.75) is 6.92 Å². The number of benzene rings is 2. The van der Waals surface area contributed by atoms with Crippen molar-refractivity contribution in [3.63, 3.8) is 0 Å². The van der Waals surface area contributed by atoms with Gasteiger partial charge in [0.05, 0.1) is 6.61 Å². The first kappa shape index (κ1) is 15.2. The maximum absolute atomic E-state index is 12.2. The summed E-state index contributed by atoms with van der Waals surface area (Å²) in [6, 6.07) is 17.1. The van der Waals surface area contributed by atoms with E-state index in [4.69, 9.17) is 4.74 Å². The largest absolute Gasteiger partial charge is 0.494 e. The lowest BCUT2D eigenvalue weighted by Crippen LogP contribution is -2.12. The summed E-state index contributed by atoms with van der Waals surface area (Å²) in [7, 11) is 0. The van der Waals surface area contributed by atoms with Crippen molar-refractivity contribution in [1.29, 1.82) is 0 Å². The minimum absolute atomic E-state index is 0.209. The van der Waals surface area contributed by atoms with Gasteiger partial charge in [-0.05, 0) is 31.2 Å². The van der Waals surface area contributed by atoms with E-state index < -0.39 is 0 Å². The predicted octanol–water partition coefficient (Wildman–Crippen LogP) is 4.46. The van der Waals surface area contributed by atoms with E-state index in [0.717, 1.165) is 22.0 Å². The number of hydrogen-bond acceptors (Lipinski definition) is 4.